The van der Waals surface area contributed by atoms with Gasteiger partial charge in [0.2, 0.25) is 5.91 Å². The number of nitrogens with one attached hydrogen (secondary N) is 1. The lowest BCUT2D eigenvalue weighted by Gasteiger charge is -2.12. The average molecular weight is 207 g/mol. The van der Waals surface area contributed by atoms with Gasteiger partial charge >= 0.3 is 5.97 Å². The lowest BCUT2D eigenvalue weighted by atomic mass is 10.2. The van der Waals surface area contributed by atoms with Crippen LogP contribution in [0, 0.1) is 0 Å². The third-order valence-electron chi connectivity index (χ3n) is 1.26. The first-order valence-electron chi connectivity index (χ1n) is 3.78. The Labute approximate surface area is 80.0 Å². The molecule has 0 aliphatic carbocycles. The molecular weight excluding hydrogens is 194 g/mol. The van der Waals surface area contributed by atoms with Crippen LogP contribution >= 0.6 is 0 Å². The number of carboxylic acid groups (broad SMARTS) is 1. The molecule has 0 aromatic heterocycles. The van der Waals surface area contributed by atoms with E-state index in [9.17, 15) is 9.59 Å². The normalized spacial score (nSPS) is 12.4. The first-order chi connectivity index (χ1) is 6.57. The Balaban J connectivity index is 3.73. The van der Waals surface area contributed by atoms with Crippen LogP contribution < -0.4 is 17.1 Å². The van der Waals surface area contributed by atoms with Crippen molar-refractivity contribution in [3.63, 3.8) is 0 Å². The molecule has 0 fully saturated rings. The van der Waals surface area contributed by atoms with E-state index in [0.29, 0.717) is 0 Å². The number of hydroxylamine groups is 1. The number of carboxylic acids is 1. The van der Waals surface area contributed by atoms with Gasteiger partial charge in [-0.2, -0.15) is 5.48 Å². The number of hydrogen-bond acceptors (Lipinski definition) is 6. The predicted octanol–water partition coefficient (Wildman–Crippen LogP) is -2.27. The van der Waals surface area contributed by atoms with E-state index >= 15 is 0 Å². The third kappa shape index (κ3) is 6.31. The fraction of sp³-hybridized carbons (Fsp3) is 0.667. The Morgan fingerprint density at radius 2 is 2.14 bits per heavy atom. The van der Waals surface area contributed by atoms with E-state index in [4.69, 9.17) is 16.7 Å². The van der Waals surface area contributed by atoms with Crippen molar-refractivity contribution in [3.8, 4) is 0 Å². The zero-order valence-corrected chi connectivity index (χ0v) is 7.43. The number of primary amides is 1. The molecule has 6 N–H and O–H groups in total. The molecule has 0 bridgehead atoms. The number of nitrogens with two attached hydrogens (primary N) is 2. The molecule has 0 radical (unpaired) electrons. The summed E-state index contributed by atoms with van der Waals surface area (Å²) in [5.74, 6) is 2.89. The lowest BCUT2D eigenvalue weighted by molar-refractivity contribution is -0.147. The first kappa shape index (κ1) is 12.8. The van der Waals surface area contributed by atoms with Crippen LogP contribution in [-0.2, 0) is 19.3 Å². The quantitative estimate of drug-likeness (QED) is 0.329. The van der Waals surface area contributed by atoms with Gasteiger partial charge in [0, 0.05) is 6.42 Å². The zero-order chi connectivity index (χ0) is 11.0. The van der Waals surface area contributed by atoms with Crippen LogP contribution in [0.1, 0.15) is 6.42 Å². The second kappa shape index (κ2) is 7.21. The van der Waals surface area contributed by atoms with E-state index in [2.05, 4.69) is 15.2 Å². The molecule has 82 valence electrons. The number of carbonyl (C=O) groups is 2. The third-order valence-corrected chi connectivity index (χ3v) is 1.26. The molecular formula is C6H13N3O5. The summed E-state index contributed by atoms with van der Waals surface area (Å²) in [6, 6.07) is -0.988. The smallest absolute Gasteiger partial charge is 0.323 e. The Morgan fingerprint density at radius 3 is 2.57 bits per heavy atom. The SMILES string of the molecule is NOCC[C@H](NOCC(N)=O)C(=O)O. The summed E-state index contributed by atoms with van der Waals surface area (Å²) < 4.78 is 0. The zero-order valence-electron chi connectivity index (χ0n) is 7.43. The molecule has 8 nitrogen and oxygen atoms in total. The Hall–Kier alpha value is -1.22. The monoisotopic (exact) mass is 207 g/mol. The number of rotatable bonds is 8. The lowest BCUT2D eigenvalue weighted by Crippen LogP contribution is -2.39. The van der Waals surface area contributed by atoms with E-state index in [1.54, 1.807) is 0 Å². The second-order valence-corrected chi connectivity index (χ2v) is 2.42. The van der Waals surface area contributed by atoms with Crippen LogP contribution in [0.4, 0.5) is 0 Å². The molecule has 0 aliphatic rings. The van der Waals surface area contributed by atoms with Crippen molar-refractivity contribution in [3.05, 3.63) is 0 Å². The summed E-state index contributed by atoms with van der Waals surface area (Å²) in [7, 11) is 0. The molecule has 1 atom stereocenters. The highest BCUT2D eigenvalue weighted by Gasteiger charge is 2.16. The standard InChI is InChI=1S/C6H13N3O5/c7-5(10)3-14-9-4(6(11)12)1-2-13-8/h4,9H,1-3,8H2,(H2,7,10)(H,11,12)/t4-/m0/s1. The predicted molar refractivity (Wildman–Crippen MR) is 44.5 cm³/mol. The summed E-state index contributed by atoms with van der Waals surface area (Å²) in [6.45, 7) is -0.336. The van der Waals surface area contributed by atoms with Gasteiger partial charge in [0.1, 0.15) is 12.6 Å². The maximum absolute atomic E-state index is 10.5. The van der Waals surface area contributed by atoms with Gasteiger partial charge in [-0.15, -0.1) is 0 Å². The number of carbonyl (C=O) groups excluding carboxylic acids is 1. The Morgan fingerprint density at radius 1 is 1.50 bits per heavy atom. The minimum absolute atomic E-state index is 0.0594. The molecule has 14 heavy (non-hydrogen) atoms. The second-order valence-electron chi connectivity index (χ2n) is 2.42. The highest BCUT2D eigenvalue weighted by Crippen LogP contribution is 1.92. The number of aliphatic carboxylic acids is 1. The summed E-state index contributed by atoms with van der Waals surface area (Å²) in [4.78, 5) is 29.5. The van der Waals surface area contributed by atoms with Crippen molar-refractivity contribution in [2.75, 3.05) is 13.2 Å². The van der Waals surface area contributed by atoms with Crippen molar-refractivity contribution in [1.29, 1.82) is 0 Å². The molecule has 0 heterocycles. The van der Waals surface area contributed by atoms with Gasteiger partial charge in [0.25, 0.3) is 0 Å². The van der Waals surface area contributed by atoms with Crippen molar-refractivity contribution < 1.29 is 24.4 Å². The molecule has 0 saturated carbocycles. The van der Waals surface area contributed by atoms with Gasteiger partial charge in [0.15, 0.2) is 0 Å². The van der Waals surface area contributed by atoms with Crippen molar-refractivity contribution in [1.82, 2.24) is 5.48 Å². The van der Waals surface area contributed by atoms with Gasteiger partial charge in [-0.25, -0.2) is 5.90 Å². The Bertz CT molecular complexity index is 198. The summed E-state index contributed by atoms with van der Waals surface area (Å²) in [6.07, 6.45) is 0.116. The van der Waals surface area contributed by atoms with Crippen LogP contribution in [0.5, 0.6) is 0 Å². The average Bonchev–Trinajstić information content (AvgIpc) is 2.09. The van der Waals surface area contributed by atoms with Crippen LogP contribution in [0.25, 0.3) is 0 Å². The molecule has 0 saturated heterocycles. The molecule has 0 unspecified atom stereocenters. The van der Waals surface area contributed by atoms with E-state index in [1.807, 2.05) is 0 Å². The minimum Gasteiger partial charge on any atom is -0.480 e. The van der Waals surface area contributed by atoms with E-state index < -0.39 is 24.5 Å². The number of hydrogen-bond donors (Lipinski definition) is 4. The van der Waals surface area contributed by atoms with Crippen molar-refractivity contribution >= 4 is 11.9 Å². The van der Waals surface area contributed by atoms with E-state index in [1.165, 1.54) is 0 Å². The topological polar surface area (TPSA) is 137 Å². The fourth-order valence-corrected chi connectivity index (χ4v) is 0.632. The summed E-state index contributed by atoms with van der Waals surface area (Å²) in [5, 5.41) is 8.61. The number of amides is 1. The molecule has 0 rings (SSSR count). The molecule has 1 amide bonds. The summed E-state index contributed by atoms with van der Waals surface area (Å²) in [5.41, 5.74) is 6.91. The summed E-state index contributed by atoms with van der Waals surface area (Å²) >= 11 is 0. The van der Waals surface area contributed by atoms with Gasteiger partial charge in [-0.3, -0.25) is 14.4 Å². The molecule has 0 aliphatic heterocycles. The van der Waals surface area contributed by atoms with Crippen LogP contribution in [0.2, 0.25) is 0 Å². The fourth-order valence-electron chi connectivity index (χ4n) is 0.632. The highest BCUT2D eigenvalue weighted by atomic mass is 16.7. The van der Waals surface area contributed by atoms with Gasteiger partial charge < -0.3 is 15.7 Å². The van der Waals surface area contributed by atoms with Gasteiger partial charge in [-0.1, -0.05) is 0 Å². The van der Waals surface area contributed by atoms with Crippen molar-refractivity contribution in [2.45, 2.75) is 12.5 Å². The molecule has 0 spiro atoms. The largest absolute Gasteiger partial charge is 0.480 e. The Kier molecular flexibility index (Phi) is 6.58. The minimum atomic E-state index is -1.13. The molecule has 0 aromatic rings. The van der Waals surface area contributed by atoms with Gasteiger partial charge in [-0.05, 0) is 0 Å². The van der Waals surface area contributed by atoms with Crippen LogP contribution in [-0.4, -0.2) is 36.2 Å². The van der Waals surface area contributed by atoms with Crippen LogP contribution in [0.15, 0.2) is 0 Å². The maximum atomic E-state index is 10.5. The van der Waals surface area contributed by atoms with Gasteiger partial charge in [0.05, 0.1) is 6.61 Å². The van der Waals surface area contributed by atoms with Crippen LogP contribution in [0.3, 0.4) is 0 Å². The van der Waals surface area contributed by atoms with E-state index in [-0.39, 0.29) is 13.0 Å². The molecule has 8 heteroatoms. The highest BCUT2D eigenvalue weighted by molar-refractivity contribution is 5.75. The first-order valence-corrected chi connectivity index (χ1v) is 3.78. The van der Waals surface area contributed by atoms with Crippen molar-refractivity contribution in [2.24, 2.45) is 11.6 Å². The maximum Gasteiger partial charge on any atom is 0.323 e. The van der Waals surface area contributed by atoms with E-state index in [0.717, 1.165) is 0 Å². The molecule has 0 aromatic carbocycles.